The summed E-state index contributed by atoms with van der Waals surface area (Å²) in [4.78, 5) is 16.6. The average molecular weight is 234 g/mol. The number of methoxy groups -OCH3 is 1. The molecule has 0 aliphatic carbocycles. The van der Waals surface area contributed by atoms with Gasteiger partial charge in [-0.15, -0.1) is 0 Å². The Labute approximate surface area is 96.2 Å². The molecule has 0 saturated heterocycles. The zero-order valence-corrected chi connectivity index (χ0v) is 9.53. The van der Waals surface area contributed by atoms with E-state index in [-0.39, 0.29) is 11.0 Å². The largest absolute Gasteiger partial charge is 0.368 e. The second-order valence-electron chi connectivity index (χ2n) is 3.61. The molecule has 0 radical (unpaired) electrons. The van der Waals surface area contributed by atoms with Crippen molar-refractivity contribution in [2.45, 2.75) is 17.1 Å². The third kappa shape index (κ3) is 1.36. The molecule has 0 spiro atoms. The minimum absolute atomic E-state index is 0.00277. The molecular weight excluding hydrogens is 224 g/mol. The fourth-order valence-corrected chi connectivity index (χ4v) is 2.82. The second kappa shape index (κ2) is 3.61. The number of thioether (sulfide) groups is 1. The van der Waals surface area contributed by atoms with Crippen LogP contribution in [-0.2, 0) is 11.3 Å². The maximum atomic E-state index is 12.1. The number of rotatable bonds is 1. The van der Waals surface area contributed by atoms with Crippen molar-refractivity contribution in [3.8, 4) is 0 Å². The number of hydrogen-bond donors (Lipinski definition) is 0. The van der Waals surface area contributed by atoms with Crippen molar-refractivity contribution in [3.63, 3.8) is 0 Å². The molecule has 0 unspecified atom stereocenters. The first-order valence-corrected chi connectivity index (χ1v) is 5.86. The Balaban J connectivity index is 2.28. The van der Waals surface area contributed by atoms with Crippen molar-refractivity contribution in [2.75, 3.05) is 7.11 Å². The molecule has 1 aliphatic rings. The molecule has 0 bridgehead atoms. The fourth-order valence-electron chi connectivity index (χ4n) is 1.83. The van der Waals surface area contributed by atoms with Crippen LogP contribution in [0, 0.1) is 0 Å². The fraction of sp³-hybridized carbons (Fsp3) is 0.273. The molecule has 4 nitrogen and oxygen atoms in total. The molecule has 1 atom stereocenters. The van der Waals surface area contributed by atoms with Crippen molar-refractivity contribution in [3.05, 3.63) is 34.6 Å². The Morgan fingerprint density at radius 2 is 2.31 bits per heavy atom. The van der Waals surface area contributed by atoms with E-state index < -0.39 is 0 Å². The predicted molar refractivity (Wildman–Crippen MR) is 62.7 cm³/mol. The van der Waals surface area contributed by atoms with Crippen LogP contribution in [0.5, 0.6) is 0 Å². The lowest BCUT2D eigenvalue weighted by molar-refractivity contribution is 0.162. The molecule has 0 saturated carbocycles. The normalized spacial score (nSPS) is 18.9. The Morgan fingerprint density at radius 3 is 3.12 bits per heavy atom. The second-order valence-corrected chi connectivity index (χ2v) is 4.74. The molecule has 16 heavy (non-hydrogen) atoms. The summed E-state index contributed by atoms with van der Waals surface area (Å²) in [5.41, 5.74) is 0.771. The highest BCUT2D eigenvalue weighted by atomic mass is 32.2. The molecular formula is C11H10N2O2S. The smallest absolute Gasteiger partial charge is 0.262 e. The van der Waals surface area contributed by atoms with Crippen molar-refractivity contribution >= 4 is 22.7 Å². The van der Waals surface area contributed by atoms with E-state index in [9.17, 15) is 4.79 Å². The van der Waals surface area contributed by atoms with E-state index in [1.807, 2.05) is 24.3 Å². The third-order valence-corrected chi connectivity index (χ3v) is 3.78. The van der Waals surface area contributed by atoms with Crippen molar-refractivity contribution in [2.24, 2.45) is 0 Å². The predicted octanol–water partition coefficient (Wildman–Crippen LogP) is 1.47. The molecule has 3 rings (SSSR count). The molecule has 0 N–H and O–H groups in total. The highest BCUT2D eigenvalue weighted by molar-refractivity contribution is 7.99. The number of fused-ring (bicyclic) bond motifs is 2. The van der Waals surface area contributed by atoms with Gasteiger partial charge in [-0.2, -0.15) is 0 Å². The quantitative estimate of drug-likeness (QED) is 0.701. The van der Waals surface area contributed by atoms with E-state index in [1.165, 1.54) is 11.8 Å². The lowest BCUT2D eigenvalue weighted by Crippen LogP contribution is -2.22. The summed E-state index contributed by atoms with van der Waals surface area (Å²) >= 11 is 1.49. The van der Waals surface area contributed by atoms with Crippen molar-refractivity contribution < 1.29 is 4.74 Å². The van der Waals surface area contributed by atoms with Crippen LogP contribution in [0.3, 0.4) is 0 Å². The summed E-state index contributed by atoms with van der Waals surface area (Å²) in [7, 11) is 1.65. The maximum absolute atomic E-state index is 12.1. The van der Waals surface area contributed by atoms with E-state index in [2.05, 4.69) is 4.98 Å². The first-order valence-electron chi connectivity index (χ1n) is 4.98. The standard InChI is InChI=1S/C11H10N2O2S/c1-15-9-6-13-10(14)7-4-2-3-5-8(7)12-11(13)16-9/h2-5,9H,6H2,1H3/t9-/m0/s1. The van der Waals surface area contributed by atoms with Crippen molar-refractivity contribution in [1.29, 1.82) is 0 Å². The first-order chi connectivity index (χ1) is 7.79. The highest BCUT2D eigenvalue weighted by Gasteiger charge is 2.25. The van der Waals surface area contributed by atoms with Gasteiger partial charge in [-0.3, -0.25) is 9.36 Å². The van der Waals surface area contributed by atoms with Gasteiger partial charge in [-0.1, -0.05) is 23.9 Å². The zero-order valence-electron chi connectivity index (χ0n) is 8.71. The van der Waals surface area contributed by atoms with Crippen LogP contribution >= 0.6 is 11.8 Å². The monoisotopic (exact) mass is 234 g/mol. The summed E-state index contributed by atoms with van der Waals surface area (Å²) in [6.07, 6.45) is 0. The van der Waals surface area contributed by atoms with Gasteiger partial charge in [0.1, 0.15) is 5.44 Å². The molecule has 1 aromatic heterocycles. The van der Waals surface area contributed by atoms with Gasteiger partial charge in [0.2, 0.25) is 0 Å². The summed E-state index contributed by atoms with van der Waals surface area (Å²) in [6.45, 7) is 0.577. The Kier molecular flexibility index (Phi) is 2.22. The van der Waals surface area contributed by atoms with Crippen LogP contribution in [0.4, 0.5) is 0 Å². The molecule has 0 fully saturated rings. The van der Waals surface area contributed by atoms with Crippen LogP contribution in [0.2, 0.25) is 0 Å². The average Bonchev–Trinajstić information content (AvgIpc) is 2.73. The number of aromatic nitrogens is 2. The number of benzene rings is 1. The Hall–Kier alpha value is -1.33. The van der Waals surface area contributed by atoms with Crippen LogP contribution in [0.25, 0.3) is 10.9 Å². The molecule has 2 heterocycles. The topological polar surface area (TPSA) is 44.1 Å². The van der Waals surface area contributed by atoms with E-state index in [4.69, 9.17) is 4.74 Å². The number of para-hydroxylation sites is 1. The lowest BCUT2D eigenvalue weighted by atomic mass is 10.2. The molecule has 82 valence electrons. The molecule has 5 heteroatoms. The molecule has 1 aliphatic heterocycles. The van der Waals surface area contributed by atoms with Gasteiger partial charge in [-0.05, 0) is 12.1 Å². The van der Waals surface area contributed by atoms with Gasteiger partial charge < -0.3 is 4.74 Å². The Bertz CT molecular complexity index is 608. The van der Waals surface area contributed by atoms with Gasteiger partial charge in [-0.25, -0.2) is 4.98 Å². The maximum Gasteiger partial charge on any atom is 0.262 e. The minimum atomic E-state index is -0.00277. The Morgan fingerprint density at radius 1 is 1.50 bits per heavy atom. The molecule has 2 aromatic rings. The highest BCUT2D eigenvalue weighted by Crippen LogP contribution is 2.30. The molecule has 1 aromatic carbocycles. The third-order valence-electron chi connectivity index (χ3n) is 2.66. The number of ether oxygens (including phenoxy) is 1. The summed E-state index contributed by atoms with van der Waals surface area (Å²) < 4.78 is 6.92. The van der Waals surface area contributed by atoms with Crippen LogP contribution in [-0.4, -0.2) is 22.1 Å². The number of hydrogen-bond acceptors (Lipinski definition) is 4. The van der Waals surface area contributed by atoms with E-state index in [1.54, 1.807) is 11.7 Å². The van der Waals surface area contributed by atoms with Gasteiger partial charge in [0.15, 0.2) is 5.16 Å². The zero-order chi connectivity index (χ0) is 11.1. The van der Waals surface area contributed by atoms with E-state index in [0.29, 0.717) is 11.9 Å². The van der Waals surface area contributed by atoms with Crippen LogP contribution in [0.1, 0.15) is 0 Å². The SMILES string of the molecule is CO[C@@H]1Cn2c(nc3ccccc3c2=O)S1. The van der Waals surface area contributed by atoms with Gasteiger partial charge in [0, 0.05) is 7.11 Å². The first kappa shape index (κ1) is 9.86. The number of nitrogens with zero attached hydrogens (tertiary/aromatic N) is 2. The van der Waals surface area contributed by atoms with Crippen LogP contribution < -0.4 is 5.56 Å². The summed E-state index contributed by atoms with van der Waals surface area (Å²) in [5.74, 6) is 0. The van der Waals surface area contributed by atoms with Gasteiger partial charge in [0.05, 0.1) is 17.4 Å². The van der Waals surface area contributed by atoms with Crippen molar-refractivity contribution in [1.82, 2.24) is 9.55 Å². The minimum Gasteiger partial charge on any atom is -0.368 e. The molecule has 0 amide bonds. The van der Waals surface area contributed by atoms with Gasteiger partial charge >= 0.3 is 0 Å². The van der Waals surface area contributed by atoms with Crippen LogP contribution in [0.15, 0.2) is 34.2 Å². The summed E-state index contributed by atoms with van der Waals surface area (Å²) in [6, 6.07) is 7.41. The van der Waals surface area contributed by atoms with E-state index >= 15 is 0 Å². The lowest BCUT2D eigenvalue weighted by Gasteiger charge is -2.03. The van der Waals surface area contributed by atoms with Gasteiger partial charge in [0.25, 0.3) is 5.56 Å². The van der Waals surface area contributed by atoms with E-state index in [0.717, 1.165) is 10.7 Å². The summed E-state index contributed by atoms with van der Waals surface area (Å²) in [5, 5.41) is 1.42.